The first-order valence-corrected chi connectivity index (χ1v) is 5.51. The summed E-state index contributed by atoms with van der Waals surface area (Å²) in [5.41, 5.74) is 1.93. The quantitative estimate of drug-likeness (QED) is 0.841. The van der Waals surface area contributed by atoms with Crippen LogP contribution in [0.5, 0.6) is 0 Å². The highest BCUT2D eigenvalue weighted by atomic mass is 32.1. The van der Waals surface area contributed by atoms with Crippen LogP contribution in [0.25, 0.3) is 0 Å². The topological polar surface area (TPSA) is 50.9 Å². The molecule has 0 aliphatic heterocycles. The van der Waals surface area contributed by atoms with E-state index < -0.39 is 6.10 Å². The van der Waals surface area contributed by atoms with Gasteiger partial charge in [-0.3, -0.25) is 0 Å². The summed E-state index contributed by atoms with van der Waals surface area (Å²) in [4.78, 5) is 2.18. The second kappa shape index (κ2) is 3.75. The molecule has 0 radical (unpaired) electrons. The number of thiophene rings is 1. The van der Waals surface area contributed by atoms with E-state index in [1.54, 1.807) is 29.3 Å². The molecule has 5 heteroatoms. The molecule has 0 aliphatic carbocycles. The highest BCUT2D eigenvalue weighted by Gasteiger charge is 2.17. The molecule has 0 bridgehead atoms. The molecule has 0 aliphatic rings. The summed E-state index contributed by atoms with van der Waals surface area (Å²) in [5, 5.41) is 17.7. The Hall–Kier alpha value is -1.20. The molecule has 1 atom stereocenters. The maximum atomic E-state index is 10.1. The minimum absolute atomic E-state index is 0.623. The van der Waals surface area contributed by atoms with Crippen molar-refractivity contribution < 1.29 is 5.11 Å². The molecule has 0 fully saturated rings. The normalized spacial score (nSPS) is 13.1. The molecule has 0 amide bonds. The van der Waals surface area contributed by atoms with Gasteiger partial charge in [-0.15, -0.1) is 16.4 Å². The fourth-order valence-electron chi connectivity index (χ4n) is 1.43. The Morgan fingerprint density at radius 1 is 1.47 bits per heavy atom. The van der Waals surface area contributed by atoms with Crippen molar-refractivity contribution in [2.24, 2.45) is 7.05 Å². The largest absolute Gasteiger partial charge is 0.381 e. The zero-order valence-electron chi connectivity index (χ0n) is 8.93. The summed E-state index contributed by atoms with van der Waals surface area (Å²) < 4.78 is 1.59. The third-order valence-electron chi connectivity index (χ3n) is 2.48. The molecular formula is C10H13N3OS. The van der Waals surface area contributed by atoms with Gasteiger partial charge in [-0.2, -0.15) is 0 Å². The number of aliphatic hydroxyl groups excluding tert-OH is 1. The zero-order valence-corrected chi connectivity index (χ0v) is 9.75. The van der Waals surface area contributed by atoms with E-state index in [1.807, 2.05) is 13.0 Å². The fourth-order valence-corrected chi connectivity index (χ4v) is 2.47. The van der Waals surface area contributed by atoms with E-state index in [2.05, 4.69) is 17.2 Å². The van der Waals surface area contributed by atoms with Crippen LogP contribution in [-0.2, 0) is 7.05 Å². The number of nitrogens with zero attached hydrogens (tertiary/aromatic N) is 3. The molecule has 1 N–H and O–H groups in total. The number of aliphatic hydroxyl groups is 1. The minimum Gasteiger partial charge on any atom is -0.381 e. The Kier molecular flexibility index (Phi) is 2.58. The van der Waals surface area contributed by atoms with Gasteiger partial charge < -0.3 is 5.11 Å². The first-order chi connectivity index (χ1) is 7.09. The second-order valence-electron chi connectivity index (χ2n) is 3.57. The fraction of sp³-hybridized carbons (Fsp3) is 0.400. The van der Waals surface area contributed by atoms with Gasteiger partial charge in [0.2, 0.25) is 0 Å². The monoisotopic (exact) mass is 223 g/mol. The first kappa shape index (κ1) is 10.3. The Bertz CT molecular complexity index is 455. The van der Waals surface area contributed by atoms with Crippen molar-refractivity contribution >= 4 is 11.3 Å². The molecule has 2 aromatic rings. The third kappa shape index (κ3) is 1.80. The molecule has 15 heavy (non-hydrogen) atoms. The predicted molar refractivity (Wildman–Crippen MR) is 58.9 cm³/mol. The molecule has 2 rings (SSSR count). The Balaban J connectivity index is 2.36. The van der Waals surface area contributed by atoms with Crippen molar-refractivity contribution in [1.29, 1.82) is 0 Å². The first-order valence-electron chi connectivity index (χ1n) is 4.69. The van der Waals surface area contributed by atoms with Gasteiger partial charge in [0.15, 0.2) is 0 Å². The summed E-state index contributed by atoms with van der Waals surface area (Å²) in [6.07, 6.45) is 0.970. The summed E-state index contributed by atoms with van der Waals surface area (Å²) >= 11 is 1.61. The number of aryl methyl sites for hydroxylation is 3. The molecule has 0 saturated carbocycles. The van der Waals surface area contributed by atoms with Crippen molar-refractivity contribution in [3.05, 3.63) is 33.3 Å². The lowest BCUT2D eigenvalue weighted by Gasteiger charge is -2.06. The van der Waals surface area contributed by atoms with Crippen molar-refractivity contribution in [2.45, 2.75) is 20.0 Å². The Morgan fingerprint density at radius 2 is 2.20 bits per heavy atom. The van der Waals surface area contributed by atoms with E-state index in [-0.39, 0.29) is 0 Å². The molecule has 2 heterocycles. The van der Waals surface area contributed by atoms with Gasteiger partial charge in [-0.05, 0) is 25.5 Å². The van der Waals surface area contributed by atoms with Crippen LogP contribution < -0.4 is 0 Å². The molecule has 0 spiro atoms. The number of hydrogen-bond donors (Lipinski definition) is 1. The van der Waals surface area contributed by atoms with E-state index in [9.17, 15) is 5.11 Å². The van der Waals surface area contributed by atoms with Crippen molar-refractivity contribution in [2.75, 3.05) is 0 Å². The summed E-state index contributed by atoms with van der Waals surface area (Å²) in [5.74, 6) is 0. The maximum Gasteiger partial charge on any atom is 0.131 e. The zero-order chi connectivity index (χ0) is 11.0. The van der Waals surface area contributed by atoms with Crippen LogP contribution in [-0.4, -0.2) is 20.1 Å². The van der Waals surface area contributed by atoms with Gasteiger partial charge in [-0.1, -0.05) is 5.21 Å². The standard InChI is InChI=1S/C10H13N3OS/c1-6-4-9(15-7(6)2)10(14)8-5-11-12-13(8)3/h4-5,10,14H,1-3H3. The summed E-state index contributed by atoms with van der Waals surface area (Å²) in [6.45, 7) is 4.10. The molecule has 4 nitrogen and oxygen atoms in total. The van der Waals surface area contributed by atoms with E-state index >= 15 is 0 Å². The highest BCUT2D eigenvalue weighted by molar-refractivity contribution is 7.12. The third-order valence-corrected chi connectivity index (χ3v) is 3.69. The summed E-state index contributed by atoms with van der Waals surface area (Å²) in [6, 6.07) is 2.01. The number of hydrogen-bond acceptors (Lipinski definition) is 4. The van der Waals surface area contributed by atoms with Crippen LogP contribution in [0.4, 0.5) is 0 Å². The van der Waals surface area contributed by atoms with Gasteiger partial charge in [-0.25, -0.2) is 4.68 Å². The van der Waals surface area contributed by atoms with Crippen LogP contribution in [0.1, 0.15) is 27.1 Å². The predicted octanol–water partition coefficient (Wildman–Crippen LogP) is 1.58. The van der Waals surface area contributed by atoms with E-state index in [0.29, 0.717) is 0 Å². The van der Waals surface area contributed by atoms with Crippen LogP contribution in [0, 0.1) is 13.8 Å². The SMILES string of the molecule is Cc1cc(C(O)c2cnnn2C)sc1C. The van der Waals surface area contributed by atoms with Crippen molar-refractivity contribution in [3.63, 3.8) is 0 Å². The number of rotatable bonds is 2. The summed E-state index contributed by atoms with van der Waals surface area (Å²) in [7, 11) is 1.78. The number of aromatic nitrogens is 3. The van der Waals surface area contributed by atoms with Crippen molar-refractivity contribution in [1.82, 2.24) is 15.0 Å². The minimum atomic E-state index is -0.623. The van der Waals surface area contributed by atoms with Gasteiger partial charge >= 0.3 is 0 Å². The lowest BCUT2D eigenvalue weighted by atomic mass is 10.2. The molecule has 0 aromatic carbocycles. The Morgan fingerprint density at radius 3 is 2.67 bits per heavy atom. The van der Waals surface area contributed by atoms with Crippen molar-refractivity contribution in [3.8, 4) is 0 Å². The van der Waals surface area contributed by atoms with Gasteiger partial charge in [0.1, 0.15) is 6.10 Å². The molecular weight excluding hydrogens is 210 g/mol. The molecule has 2 aromatic heterocycles. The van der Waals surface area contributed by atoms with Gasteiger partial charge in [0.05, 0.1) is 11.9 Å². The van der Waals surface area contributed by atoms with Crippen LogP contribution >= 0.6 is 11.3 Å². The van der Waals surface area contributed by atoms with E-state index in [4.69, 9.17) is 0 Å². The average Bonchev–Trinajstić information content (AvgIpc) is 2.74. The highest BCUT2D eigenvalue weighted by Crippen LogP contribution is 2.29. The van der Waals surface area contributed by atoms with E-state index in [1.165, 1.54) is 10.4 Å². The smallest absolute Gasteiger partial charge is 0.131 e. The van der Waals surface area contributed by atoms with Crippen LogP contribution in [0.2, 0.25) is 0 Å². The molecule has 1 unspecified atom stereocenters. The van der Waals surface area contributed by atoms with Gasteiger partial charge in [0.25, 0.3) is 0 Å². The van der Waals surface area contributed by atoms with Gasteiger partial charge in [0, 0.05) is 16.8 Å². The second-order valence-corrected chi connectivity index (χ2v) is 4.86. The lowest BCUT2D eigenvalue weighted by Crippen LogP contribution is -2.04. The Labute approximate surface area is 92.2 Å². The average molecular weight is 223 g/mol. The maximum absolute atomic E-state index is 10.1. The lowest BCUT2D eigenvalue weighted by molar-refractivity contribution is 0.213. The molecule has 0 saturated heterocycles. The molecule has 80 valence electrons. The van der Waals surface area contributed by atoms with Crippen LogP contribution in [0.3, 0.4) is 0 Å². The van der Waals surface area contributed by atoms with E-state index in [0.717, 1.165) is 10.6 Å². The van der Waals surface area contributed by atoms with Crippen LogP contribution in [0.15, 0.2) is 12.3 Å².